The number of aryl methyl sites for hydroxylation is 1. The summed E-state index contributed by atoms with van der Waals surface area (Å²) in [6, 6.07) is 20.0. The standard InChI is InChI=1S/C24H26N3O3PS/c1-4-29-31(28,30-5-2)16-17-10-12-19(13-11-17)23(32)26-24-25-21-15-14-18-8-6-7-9-20(18)22(21)27(24)3/h6-15H,4-5,16H2,1-3H3,(H,25,26,32). The Labute approximate surface area is 193 Å². The van der Waals surface area contributed by atoms with Gasteiger partial charge in [-0.3, -0.25) is 4.57 Å². The number of imidazole rings is 1. The van der Waals surface area contributed by atoms with Crippen LogP contribution in [0.5, 0.6) is 0 Å². The van der Waals surface area contributed by atoms with Gasteiger partial charge in [-0.05, 0) is 30.9 Å². The lowest BCUT2D eigenvalue weighted by atomic mass is 10.1. The van der Waals surface area contributed by atoms with Crippen molar-refractivity contribution in [1.29, 1.82) is 0 Å². The van der Waals surface area contributed by atoms with Gasteiger partial charge in [0.05, 0.1) is 30.4 Å². The summed E-state index contributed by atoms with van der Waals surface area (Å²) in [5.74, 6) is 0.683. The Morgan fingerprint density at radius 2 is 1.72 bits per heavy atom. The Morgan fingerprint density at radius 1 is 1.03 bits per heavy atom. The van der Waals surface area contributed by atoms with Crippen LogP contribution in [0.1, 0.15) is 25.0 Å². The first-order valence-electron chi connectivity index (χ1n) is 10.6. The van der Waals surface area contributed by atoms with Crippen molar-refractivity contribution in [2.75, 3.05) is 18.5 Å². The van der Waals surface area contributed by atoms with Crippen LogP contribution in [-0.4, -0.2) is 27.8 Å². The lowest BCUT2D eigenvalue weighted by Crippen LogP contribution is -2.14. The zero-order valence-corrected chi connectivity index (χ0v) is 20.1. The Morgan fingerprint density at radius 3 is 2.41 bits per heavy atom. The van der Waals surface area contributed by atoms with Crippen molar-refractivity contribution >= 4 is 52.6 Å². The van der Waals surface area contributed by atoms with Crippen molar-refractivity contribution in [3.63, 3.8) is 0 Å². The second kappa shape index (κ2) is 9.51. The summed E-state index contributed by atoms with van der Waals surface area (Å²) in [5, 5.41) is 5.59. The maximum absolute atomic E-state index is 12.8. The van der Waals surface area contributed by atoms with Crippen molar-refractivity contribution in [3.8, 4) is 0 Å². The van der Waals surface area contributed by atoms with Crippen LogP contribution in [-0.2, 0) is 26.8 Å². The highest BCUT2D eigenvalue weighted by atomic mass is 32.1. The molecule has 0 aliphatic carbocycles. The van der Waals surface area contributed by atoms with E-state index in [1.807, 2.05) is 67.9 Å². The van der Waals surface area contributed by atoms with E-state index in [1.165, 1.54) is 5.39 Å². The molecule has 0 atom stereocenters. The van der Waals surface area contributed by atoms with Crippen LogP contribution >= 0.6 is 19.8 Å². The van der Waals surface area contributed by atoms with Crippen molar-refractivity contribution in [2.45, 2.75) is 20.0 Å². The minimum atomic E-state index is -3.14. The van der Waals surface area contributed by atoms with Gasteiger partial charge in [-0.15, -0.1) is 0 Å². The summed E-state index contributed by atoms with van der Waals surface area (Å²) >= 11 is 5.63. The molecule has 4 aromatic rings. The highest BCUT2D eigenvalue weighted by Crippen LogP contribution is 2.51. The fraction of sp³-hybridized carbons (Fsp3) is 0.250. The molecular weight excluding hydrogens is 441 g/mol. The molecule has 8 heteroatoms. The molecule has 1 aromatic heterocycles. The molecule has 0 aliphatic rings. The first kappa shape index (κ1) is 22.6. The summed E-state index contributed by atoms with van der Waals surface area (Å²) in [7, 11) is -1.16. The molecule has 0 bridgehead atoms. The predicted molar refractivity (Wildman–Crippen MR) is 135 cm³/mol. The molecule has 1 heterocycles. The number of rotatable bonds is 8. The second-order valence-electron chi connectivity index (χ2n) is 7.40. The maximum atomic E-state index is 12.8. The molecule has 0 spiro atoms. The molecule has 0 radical (unpaired) electrons. The van der Waals surface area contributed by atoms with Gasteiger partial charge < -0.3 is 18.9 Å². The number of aromatic nitrogens is 2. The van der Waals surface area contributed by atoms with Crippen LogP contribution in [0, 0.1) is 0 Å². The Balaban J connectivity index is 1.54. The van der Waals surface area contributed by atoms with E-state index < -0.39 is 7.60 Å². The van der Waals surface area contributed by atoms with Gasteiger partial charge >= 0.3 is 7.60 Å². The van der Waals surface area contributed by atoms with Gasteiger partial charge in [0.15, 0.2) is 0 Å². The van der Waals surface area contributed by atoms with E-state index in [0.29, 0.717) is 24.2 Å². The number of hydrogen-bond acceptors (Lipinski definition) is 5. The molecule has 0 saturated heterocycles. The van der Waals surface area contributed by atoms with E-state index >= 15 is 0 Å². The first-order valence-corrected chi connectivity index (χ1v) is 12.7. The largest absolute Gasteiger partial charge is 0.335 e. The number of nitrogens with one attached hydrogen (secondary N) is 1. The van der Waals surface area contributed by atoms with Crippen LogP contribution in [0.15, 0.2) is 60.7 Å². The van der Waals surface area contributed by atoms with E-state index in [4.69, 9.17) is 26.2 Å². The summed E-state index contributed by atoms with van der Waals surface area (Å²) in [4.78, 5) is 5.30. The van der Waals surface area contributed by atoms with E-state index in [1.54, 1.807) is 0 Å². The summed E-state index contributed by atoms with van der Waals surface area (Å²) in [6.07, 6.45) is 0.229. The average Bonchev–Trinajstić information content (AvgIpc) is 3.10. The average molecular weight is 468 g/mol. The van der Waals surface area contributed by atoms with Gasteiger partial charge in [-0.25, -0.2) is 4.98 Å². The highest BCUT2D eigenvalue weighted by Gasteiger charge is 2.24. The SMILES string of the molecule is CCOP(=O)(Cc1ccc(C(=S)Nc2nc3ccc4ccccc4c3n2C)cc1)OCC. The van der Waals surface area contributed by atoms with Gasteiger partial charge in [-0.2, -0.15) is 0 Å². The lowest BCUT2D eigenvalue weighted by Gasteiger charge is -2.17. The minimum Gasteiger partial charge on any atom is -0.316 e. The number of thiocarbonyl (C=S) groups is 1. The molecular formula is C24H26N3O3PS. The van der Waals surface area contributed by atoms with E-state index in [0.717, 1.165) is 27.5 Å². The maximum Gasteiger partial charge on any atom is 0.335 e. The molecule has 166 valence electrons. The molecule has 1 N–H and O–H groups in total. The normalized spacial score (nSPS) is 11.8. The van der Waals surface area contributed by atoms with Gasteiger partial charge in [0, 0.05) is 18.0 Å². The number of fused-ring (bicyclic) bond motifs is 3. The zero-order chi connectivity index (χ0) is 22.7. The van der Waals surface area contributed by atoms with Crippen LogP contribution < -0.4 is 5.32 Å². The quantitative estimate of drug-likeness (QED) is 0.243. The van der Waals surface area contributed by atoms with Crippen LogP contribution in [0.2, 0.25) is 0 Å². The highest BCUT2D eigenvalue weighted by molar-refractivity contribution is 7.81. The van der Waals surface area contributed by atoms with E-state index in [9.17, 15) is 4.57 Å². The third kappa shape index (κ3) is 4.62. The number of nitrogens with zero attached hydrogens (tertiary/aromatic N) is 2. The number of hydrogen-bond donors (Lipinski definition) is 1. The molecule has 0 unspecified atom stereocenters. The fourth-order valence-electron chi connectivity index (χ4n) is 3.77. The molecule has 0 fully saturated rings. The predicted octanol–water partition coefficient (Wildman–Crippen LogP) is 6.28. The van der Waals surface area contributed by atoms with Crippen LogP contribution in [0.4, 0.5) is 5.95 Å². The molecule has 4 rings (SSSR count). The summed E-state index contributed by atoms with van der Waals surface area (Å²) in [6.45, 7) is 4.30. The van der Waals surface area contributed by atoms with Crippen molar-refractivity contribution in [2.24, 2.45) is 7.05 Å². The van der Waals surface area contributed by atoms with Gasteiger partial charge in [0.2, 0.25) is 5.95 Å². The molecule has 0 amide bonds. The van der Waals surface area contributed by atoms with Crippen molar-refractivity contribution < 1.29 is 13.6 Å². The molecule has 3 aromatic carbocycles. The third-order valence-electron chi connectivity index (χ3n) is 5.23. The number of anilines is 1. The lowest BCUT2D eigenvalue weighted by molar-refractivity contribution is 0.219. The number of benzene rings is 3. The van der Waals surface area contributed by atoms with Gasteiger partial charge in [0.1, 0.15) is 4.99 Å². The first-order chi connectivity index (χ1) is 15.4. The van der Waals surface area contributed by atoms with E-state index in [2.05, 4.69) is 23.5 Å². The monoisotopic (exact) mass is 467 g/mol. The topological polar surface area (TPSA) is 65.4 Å². The molecule has 32 heavy (non-hydrogen) atoms. The summed E-state index contributed by atoms with van der Waals surface area (Å²) in [5.41, 5.74) is 3.69. The van der Waals surface area contributed by atoms with Gasteiger partial charge in [-0.1, -0.05) is 66.8 Å². The van der Waals surface area contributed by atoms with Crippen LogP contribution in [0.25, 0.3) is 21.8 Å². The smallest absolute Gasteiger partial charge is 0.316 e. The Bertz CT molecular complexity index is 1310. The van der Waals surface area contributed by atoms with Crippen LogP contribution in [0.3, 0.4) is 0 Å². The molecule has 0 saturated carbocycles. The second-order valence-corrected chi connectivity index (χ2v) is 9.87. The Kier molecular flexibility index (Phi) is 6.72. The molecule has 0 aliphatic heterocycles. The van der Waals surface area contributed by atoms with E-state index in [-0.39, 0.29) is 6.16 Å². The zero-order valence-electron chi connectivity index (χ0n) is 18.4. The summed E-state index contributed by atoms with van der Waals surface area (Å²) < 4.78 is 25.6. The van der Waals surface area contributed by atoms with Gasteiger partial charge in [0.25, 0.3) is 0 Å². The minimum absolute atomic E-state index is 0.229. The van der Waals surface area contributed by atoms with Crippen molar-refractivity contribution in [3.05, 3.63) is 71.8 Å². The fourth-order valence-corrected chi connectivity index (χ4v) is 5.70. The van der Waals surface area contributed by atoms with Crippen molar-refractivity contribution in [1.82, 2.24) is 9.55 Å². The Hall–Kier alpha value is -2.57. The third-order valence-corrected chi connectivity index (χ3v) is 7.62. The molecule has 6 nitrogen and oxygen atoms in total.